The number of carbonyl (C=O) groups excluding carboxylic acids is 1. The SMILES string of the molecule is CCCN(CCC)C(=O)c1ccc(C)c(S(=O)(=O)N2CCOCC2)c1. The van der Waals surface area contributed by atoms with Crippen molar-refractivity contribution in [1.82, 2.24) is 9.21 Å². The van der Waals surface area contributed by atoms with Gasteiger partial charge in [-0.3, -0.25) is 4.79 Å². The van der Waals surface area contributed by atoms with E-state index < -0.39 is 10.0 Å². The third kappa shape index (κ3) is 4.59. The van der Waals surface area contributed by atoms with Crippen LogP contribution in [0.15, 0.2) is 23.1 Å². The van der Waals surface area contributed by atoms with Gasteiger partial charge in [0.25, 0.3) is 5.91 Å². The minimum Gasteiger partial charge on any atom is -0.379 e. The number of aryl methyl sites for hydroxylation is 1. The fourth-order valence-electron chi connectivity index (χ4n) is 2.97. The molecule has 0 atom stereocenters. The second-order valence-corrected chi connectivity index (χ2v) is 8.20. The van der Waals surface area contributed by atoms with Gasteiger partial charge in [-0.25, -0.2) is 8.42 Å². The summed E-state index contributed by atoms with van der Waals surface area (Å²) in [7, 11) is -3.62. The van der Waals surface area contributed by atoms with Crippen LogP contribution in [0.25, 0.3) is 0 Å². The van der Waals surface area contributed by atoms with Gasteiger partial charge in [0.15, 0.2) is 0 Å². The first-order valence-electron chi connectivity index (χ1n) is 8.89. The summed E-state index contributed by atoms with van der Waals surface area (Å²) in [5.74, 6) is -0.109. The van der Waals surface area contributed by atoms with Crippen LogP contribution in [0.4, 0.5) is 0 Å². The Morgan fingerprint density at radius 2 is 1.76 bits per heavy atom. The normalized spacial score (nSPS) is 16.0. The van der Waals surface area contributed by atoms with Crippen molar-refractivity contribution in [1.29, 1.82) is 0 Å². The van der Waals surface area contributed by atoms with Gasteiger partial charge >= 0.3 is 0 Å². The van der Waals surface area contributed by atoms with E-state index in [9.17, 15) is 13.2 Å². The largest absolute Gasteiger partial charge is 0.379 e. The van der Waals surface area contributed by atoms with Crippen LogP contribution in [0.5, 0.6) is 0 Å². The molecule has 0 radical (unpaired) electrons. The van der Waals surface area contributed by atoms with Gasteiger partial charge in [0.2, 0.25) is 10.0 Å². The van der Waals surface area contributed by atoms with Crippen LogP contribution in [-0.2, 0) is 14.8 Å². The van der Waals surface area contributed by atoms with Gasteiger partial charge < -0.3 is 9.64 Å². The van der Waals surface area contributed by atoms with Gasteiger partial charge in [-0.1, -0.05) is 19.9 Å². The molecule has 1 aliphatic heterocycles. The molecule has 7 heteroatoms. The lowest BCUT2D eigenvalue weighted by Crippen LogP contribution is -2.41. The van der Waals surface area contributed by atoms with E-state index in [1.807, 2.05) is 13.8 Å². The maximum absolute atomic E-state index is 12.9. The third-order valence-electron chi connectivity index (χ3n) is 4.30. The first-order chi connectivity index (χ1) is 11.9. The molecule has 0 saturated carbocycles. The lowest BCUT2D eigenvalue weighted by atomic mass is 10.1. The van der Waals surface area contributed by atoms with Gasteiger partial charge in [-0.15, -0.1) is 0 Å². The van der Waals surface area contributed by atoms with Gasteiger partial charge in [0, 0.05) is 31.7 Å². The van der Waals surface area contributed by atoms with E-state index in [4.69, 9.17) is 4.74 Å². The van der Waals surface area contributed by atoms with Crippen molar-refractivity contribution in [3.8, 4) is 0 Å². The van der Waals surface area contributed by atoms with Crippen molar-refractivity contribution < 1.29 is 17.9 Å². The second-order valence-electron chi connectivity index (χ2n) is 6.29. The summed E-state index contributed by atoms with van der Waals surface area (Å²) < 4.78 is 32.6. The highest BCUT2D eigenvalue weighted by molar-refractivity contribution is 7.89. The molecule has 0 N–H and O–H groups in total. The zero-order valence-corrected chi connectivity index (χ0v) is 16.1. The van der Waals surface area contributed by atoms with Gasteiger partial charge in [0.1, 0.15) is 0 Å². The average molecular weight is 368 g/mol. The highest BCUT2D eigenvalue weighted by Crippen LogP contribution is 2.23. The molecule has 1 fully saturated rings. The molecule has 0 bridgehead atoms. The molecule has 0 spiro atoms. The number of ether oxygens (including phenoxy) is 1. The molecular weight excluding hydrogens is 340 g/mol. The Kier molecular flexibility index (Phi) is 6.98. The average Bonchev–Trinajstić information content (AvgIpc) is 2.62. The van der Waals surface area contributed by atoms with Crippen molar-refractivity contribution >= 4 is 15.9 Å². The molecule has 140 valence electrons. The molecule has 6 nitrogen and oxygen atoms in total. The topological polar surface area (TPSA) is 66.9 Å². The number of rotatable bonds is 7. The van der Waals surface area contributed by atoms with Crippen LogP contribution in [0, 0.1) is 6.92 Å². The maximum atomic E-state index is 12.9. The molecule has 25 heavy (non-hydrogen) atoms. The van der Waals surface area contributed by atoms with Crippen molar-refractivity contribution in [2.24, 2.45) is 0 Å². The first-order valence-corrected chi connectivity index (χ1v) is 10.3. The minimum atomic E-state index is -3.62. The Bertz CT molecular complexity index is 691. The predicted molar refractivity (Wildman–Crippen MR) is 97.2 cm³/mol. The molecule has 0 unspecified atom stereocenters. The number of morpholine rings is 1. The Morgan fingerprint density at radius 1 is 1.16 bits per heavy atom. The van der Waals surface area contributed by atoms with E-state index in [2.05, 4.69) is 0 Å². The lowest BCUT2D eigenvalue weighted by Gasteiger charge is -2.27. The quantitative estimate of drug-likeness (QED) is 0.740. The maximum Gasteiger partial charge on any atom is 0.253 e. The Morgan fingerprint density at radius 3 is 2.32 bits per heavy atom. The molecule has 1 amide bonds. The smallest absolute Gasteiger partial charge is 0.253 e. The van der Waals surface area contributed by atoms with E-state index in [0.29, 0.717) is 50.5 Å². The third-order valence-corrected chi connectivity index (χ3v) is 6.34. The first kappa shape index (κ1) is 19.9. The standard InChI is InChI=1S/C18H28N2O4S/c1-4-8-19(9-5-2)18(21)16-7-6-15(3)17(14-16)25(22,23)20-10-12-24-13-11-20/h6-7,14H,4-5,8-13H2,1-3H3. The Hall–Kier alpha value is -1.44. The highest BCUT2D eigenvalue weighted by atomic mass is 32.2. The van der Waals surface area contributed by atoms with Gasteiger partial charge in [-0.2, -0.15) is 4.31 Å². The molecule has 0 aliphatic carbocycles. The number of amides is 1. The molecule has 1 aromatic rings. The fraction of sp³-hybridized carbons (Fsp3) is 0.611. The molecule has 1 heterocycles. The van der Waals surface area contributed by atoms with Crippen molar-refractivity contribution in [3.63, 3.8) is 0 Å². The van der Waals surface area contributed by atoms with E-state index in [1.165, 1.54) is 10.4 Å². The fourth-order valence-corrected chi connectivity index (χ4v) is 4.63. The summed E-state index contributed by atoms with van der Waals surface area (Å²) in [6, 6.07) is 4.96. The Labute approximate surface area is 150 Å². The summed E-state index contributed by atoms with van der Waals surface area (Å²) >= 11 is 0. The molecular formula is C18H28N2O4S. The van der Waals surface area contributed by atoms with Crippen LogP contribution < -0.4 is 0 Å². The summed E-state index contributed by atoms with van der Waals surface area (Å²) in [4.78, 5) is 14.8. The zero-order chi connectivity index (χ0) is 18.4. The summed E-state index contributed by atoms with van der Waals surface area (Å²) in [6.07, 6.45) is 1.74. The minimum absolute atomic E-state index is 0.109. The van der Waals surface area contributed by atoms with Crippen LogP contribution in [-0.4, -0.2) is 62.9 Å². The van der Waals surface area contributed by atoms with E-state index in [-0.39, 0.29) is 10.8 Å². The molecule has 0 aromatic heterocycles. The van der Waals surface area contributed by atoms with Crippen LogP contribution in [0.1, 0.15) is 42.6 Å². The zero-order valence-electron chi connectivity index (χ0n) is 15.3. The molecule has 1 aliphatic rings. The molecule has 1 saturated heterocycles. The van der Waals surface area contributed by atoms with Gasteiger partial charge in [0.05, 0.1) is 18.1 Å². The van der Waals surface area contributed by atoms with E-state index in [0.717, 1.165) is 12.8 Å². The number of nitrogens with zero attached hydrogens (tertiary/aromatic N) is 2. The Balaban J connectivity index is 2.34. The number of carbonyl (C=O) groups is 1. The van der Waals surface area contributed by atoms with Crippen molar-refractivity contribution in [2.45, 2.75) is 38.5 Å². The summed E-state index contributed by atoms with van der Waals surface area (Å²) in [5, 5.41) is 0. The van der Waals surface area contributed by atoms with Crippen LogP contribution in [0.3, 0.4) is 0 Å². The molecule has 1 aromatic carbocycles. The second kappa shape index (κ2) is 8.78. The van der Waals surface area contributed by atoms with Gasteiger partial charge in [-0.05, 0) is 37.5 Å². The number of sulfonamides is 1. The number of hydrogen-bond donors (Lipinski definition) is 0. The van der Waals surface area contributed by atoms with E-state index >= 15 is 0 Å². The lowest BCUT2D eigenvalue weighted by molar-refractivity contribution is 0.0729. The highest BCUT2D eigenvalue weighted by Gasteiger charge is 2.28. The van der Waals surface area contributed by atoms with Crippen LogP contribution in [0.2, 0.25) is 0 Å². The van der Waals surface area contributed by atoms with E-state index in [1.54, 1.807) is 24.0 Å². The summed E-state index contributed by atoms with van der Waals surface area (Å²) in [5.41, 5.74) is 1.08. The predicted octanol–water partition coefficient (Wildman–Crippen LogP) is 2.28. The summed E-state index contributed by atoms with van der Waals surface area (Å²) in [6.45, 7) is 8.65. The van der Waals surface area contributed by atoms with Crippen molar-refractivity contribution in [2.75, 3.05) is 39.4 Å². The van der Waals surface area contributed by atoms with Crippen LogP contribution >= 0.6 is 0 Å². The van der Waals surface area contributed by atoms with Crippen molar-refractivity contribution in [3.05, 3.63) is 29.3 Å². The monoisotopic (exact) mass is 368 g/mol. The number of hydrogen-bond acceptors (Lipinski definition) is 4. The molecule has 2 rings (SSSR count). The number of benzene rings is 1.